The molecule has 1 aliphatic carbocycles. The van der Waals surface area contributed by atoms with Gasteiger partial charge in [-0.25, -0.2) is 19.5 Å². The largest absolute Gasteiger partial charge is 0.379 e. The Balaban J connectivity index is 1.51. The highest BCUT2D eigenvalue weighted by atomic mass is 16.5. The van der Waals surface area contributed by atoms with Gasteiger partial charge in [-0.15, -0.1) is 0 Å². The average Bonchev–Trinajstić information content (AvgIpc) is 3.27. The molecule has 0 atom stereocenters. The lowest BCUT2D eigenvalue weighted by atomic mass is 9.67. The van der Waals surface area contributed by atoms with Gasteiger partial charge in [0.05, 0.1) is 40.5 Å². The summed E-state index contributed by atoms with van der Waals surface area (Å²) in [4.78, 5) is 28.5. The molecule has 0 saturated heterocycles. The van der Waals surface area contributed by atoms with Crippen LogP contribution in [-0.4, -0.2) is 50.2 Å². The van der Waals surface area contributed by atoms with Gasteiger partial charge in [-0.2, -0.15) is 5.10 Å². The van der Waals surface area contributed by atoms with Crippen LogP contribution in [0.5, 0.6) is 0 Å². The number of nitrogens with zero attached hydrogens (tertiary/aromatic N) is 6. The van der Waals surface area contributed by atoms with Crippen molar-refractivity contribution < 1.29 is 9.53 Å². The quantitative estimate of drug-likeness (QED) is 0.713. The highest BCUT2D eigenvalue weighted by Crippen LogP contribution is 2.51. The van der Waals surface area contributed by atoms with E-state index in [0.717, 1.165) is 41.1 Å². The van der Waals surface area contributed by atoms with Gasteiger partial charge in [0.2, 0.25) is 11.9 Å². The van der Waals surface area contributed by atoms with Crippen LogP contribution in [-0.2, 0) is 14.9 Å². The van der Waals surface area contributed by atoms with E-state index in [4.69, 9.17) is 9.72 Å². The zero-order valence-electron chi connectivity index (χ0n) is 17.6. The number of carbonyl (C=O) groups excluding carboxylic acids is 1. The Labute approximate surface area is 174 Å². The van der Waals surface area contributed by atoms with Gasteiger partial charge < -0.3 is 15.0 Å². The number of nitrogens with one attached hydrogen (secondary N) is 1. The first-order chi connectivity index (χ1) is 14.3. The summed E-state index contributed by atoms with van der Waals surface area (Å²) in [6, 6.07) is 1.95. The number of pyridine rings is 1. The van der Waals surface area contributed by atoms with E-state index in [0.29, 0.717) is 18.8 Å². The van der Waals surface area contributed by atoms with Crippen LogP contribution in [0.3, 0.4) is 0 Å². The normalized spacial score (nSPS) is 25.9. The van der Waals surface area contributed by atoms with Gasteiger partial charge in [0.15, 0.2) is 5.65 Å². The second-order valence-corrected chi connectivity index (χ2v) is 8.59. The van der Waals surface area contributed by atoms with Crippen molar-refractivity contribution in [2.45, 2.75) is 50.5 Å². The van der Waals surface area contributed by atoms with Crippen molar-refractivity contribution in [3.05, 3.63) is 36.0 Å². The van der Waals surface area contributed by atoms with Gasteiger partial charge in [0.1, 0.15) is 6.33 Å². The minimum Gasteiger partial charge on any atom is -0.379 e. The summed E-state index contributed by atoms with van der Waals surface area (Å²) in [6.45, 7) is 4.11. The van der Waals surface area contributed by atoms with Crippen molar-refractivity contribution in [2.75, 3.05) is 24.4 Å². The summed E-state index contributed by atoms with van der Waals surface area (Å²) in [6.07, 6.45) is 8.19. The minimum absolute atomic E-state index is 0.0994. The molecular formula is C21H25N7O2. The molecule has 156 valence electrons. The van der Waals surface area contributed by atoms with Crippen molar-refractivity contribution in [3.63, 3.8) is 0 Å². The fourth-order valence-corrected chi connectivity index (χ4v) is 4.63. The number of rotatable bonds is 3. The van der Waals surface area contributed by atoms with Gasteiger partial charge in [0.25, 0.3) is 0 Å². The molecule has 30 heavy (non-hydrogen) atoms. The second-order valence-electron chi connectivity index (χ2n) is 8.59. The van der Waals surface area contributed by atoms with Crippen LogP contribution in [0.15, 0.2) is 24.8 Å². The maximum Gasteiger partial charge on any atom is 0.239 e. The summed E-state index contributed by atoms with van der Waals surface area (Å²) in [5.74, 6) is 0.571. The molecule has 1 amide bonds. The molecule has 2 aliphatic rings. The van der Waals surface area contributed by atoms with Crippen molar-refractivity contribution >= 4 is 28.9 Å². The van der Waals surface area contributed by atoms with Crippen LogP contribution in [0.4, 0.5) is 17.3 Å². The maximum absolute atomic E-state index is 13.3. The molecule has 1 saturated carbocycles. The van der Waals surface area contributed by atoms with E-state index in [1.54, 1.807) is 29.8 Å². The number of aromatic nitrogens is 5. The van der Waals surface area contributed by atoms with Crippen LogP contribution in [0.25, 0.3) is 5.65 Å². The molecule has 0 radical (unpaired) electrons. The predicted molar refractivity (Wildman–Crippen MR) is 112 cm³/mol. The molecule has 5 rings (SSSR count). The number of fused-ring (bicyclic) bond motifs is 3. The number of amides is 1. The lowest BCUT2D eigenvalue weighted by molar-refractivity contribution is -0.127. The number of likely N-dealkylation sites (N-methyl/N-ethyl adjacent to an activating group) is 1. The summed E-state index contributed by atoms with van der Waals surface area (Å²) in [5.41, 5.74) is 3.44. The van der Waals surface area contributed by atoms with Gasteiger partial charge in [0, 0.05) is 14.2 Å². The number of hydrogen-bond donors (Lipinski definition) is 1. The summed E-state index contributed by atoms with van der Waals surface area (Å²) in [7, 11) is 3.55. The topological polar surface area (TPSA) is 97.5 Å². The first-order valence-electron chi connectivity index (χ1n) is 10.1. The minimum atomic E-state index is -0.605. The summed E-state index contributed by atoms with van der Waals surface area (Å²) in [5, 5.41) is 7.49. The standard InChI is InChI=1S/C21H25N7O2/c1-13-9-16-23-12-24-28(16)11-14(13)25-19-22-10-15-17(26-19)21(18(29)27(15)3)7-5-20(2,30-4)6-8-21/h9-12H,5-8H2,1-4H3,(H,22,25,26). The molecule has 9 heteroatoms. The molecule has 1 N–H and O–H groups in total. The van der Waals surface area contributed by atoms with Crippen LogP contribution in [0.2, 0.25) is 0 Å². The number of ether oxygens (including phenoxy) is 1. The number of methoxy groups -OCH3 is 1. The number of hydrogen-bond acceptors (Lipinski definition) is 7. The van der Waals surface area contributed by atoms with Crippen molar-refractivity contribution in [3.8, 4) is 0 Å². The zero-order valence-corrected chi connectivity index (χ0v) is 17.6. The number of carbonyl (C=O) groups is 1. The van der Waals surface area contributed by atoms with E-state index in [1.807, 2.05) is 19.2 Å². The zero-order chi connectivity index (χ0) is 21.1. The fourth-order valence-electron chi connectivity index (χ4n) is 4.63. The molecule has 9 nitrogen and oxygen atoms in total. The Hall–Kier alpha value is -3.07. The van der Waals surface area contributed by atoms with Crippen LogP contribution in [0, 0.1) is 6.92 Å². The molecular weight excluding hydrogens is 382 g/mol. The van der Waals surface area contributed by atoms with Crippen molar-refractivity contribution in [1.82, 2.24) is 24.6 Å². The molecule has 1 aliphatic heterocycles. The molecule has 0 bridgehead atoms. The third-order valence-electron chi connectivity index (χ3n) is 6.82. The average molecular weight is 407 g/mol. The van der Waals surface area contributed by atoms with Crippen LogP contribution < -0.4 is 10.2 Å². The van der Waals surface area contributed by atoms with E-state index in [1.165, 1.54) is 6.33 Å². The molecule has 3 aromatic heterocycles. The summed E-state index contributed by atoms with van der Waals surface area (Å²) >= 11 is 0. The highest BCUT2D eigenvalue weighted by Gasteiger charge is 2.54. The Morgan fingerprint density at radius 2 is 1.97 bits per heavy atom. The smallest absolute Gasteiger partial charge is 0.239 e. The van der Waals surface area contributed by atoms with Gasteiger partial charge >= 0.3 is 0 Å². The van der Waals surface area contributed by atoms with E-state index < -0.39 is 5.41 Å². The Bertz CT molecular complexity index is 1150. The first-order valence-corrected chi connectivity index (χ1v) is 10.1. The van der Waals surface area contributed by atoms with Gasteiger partial charge in [-0.05, 0) is 51.2 Å². The van der Waals surface area contributed by atoms with E-state index in [9.17, 15) is 4.79 Å². The third kappa shape index (κ3) is 2.68. The Morgan fingerprint density at radius 1 is 1.20 bits per heavy atom. The number of aryl methyl sites for hydroxylation is 1. The monoisotopic (exact) mass is 407 g/mol. The van der Waals surface area contributed by atoms with Crippen molar-refractivity contribution in [1.29, 1.82) is 0 Å². The van der Waals surface area contributed by atoms with Gasteiger partial charge in [-0.3, -0.25) is 4.79 Å². The van der Waals surface area contributed by atoms with Crippen molar-refractivity contribution in [2.24, 2.45) is 0 Å². The predicted octanol–water partition coefficient (Wildman–Crippen LogP) is 2.76. The summed E-state index contributed by atoms with van der Waals surface area (Å²) < 4.78 is 7.40. The van der Waals surface area contributed by atoms with E-state index >= 15 is 0 Å². The maximum atomic E-state index is 13.3. The molecule has 3 aromatic rings. The van der Waals surface area contributed by atoms with E-state index in [2.05, 4.69) is 27.3 Å². The molecule has 0 unspecified atom stereocenters. The molecule has 1 spiro atoms. The SMILES string of the molecule is COC1(C)CCC2(CC1)C(=O)N(C)c1cnc(Nc3cn4ncnc4cc3C)nc12. The van der Waals surface area contributed by atoms with E-state index in [-0.39, 0.29) is 11.5 Å². The lowest BCUT2D eigenvalue weighted by Gasteiger charge is -2.40. The Morgan fingerprint density at radius 3 is 2.70 bits per heavy atom. The molecule has 4 heterocycles. The fraction of sp³-hybridized carbons (Fsp3) is 0.476. The molecule has 0 aromatic carbocycles. The van der Waals surface area contributed by atoms with Gasteiger partial charge in [-0.1, -0.05) is 0 Å². The lowest BCUT2D eigenvalue weighted by Crippen LogP contribution is -2.46. The molecule has 1 fully saturated rings. The third-order valence-corrected chi connectivity index (χ3v) is 6.82. The Kier molecular flexibility index (Phi) is 4.08. The van der Waals surface area contributed by atoms with Crippen LogP contribution >= 0.6 is 0 Å². The second kappa shape index (κ2) is 6.46. The highest BCUT2D eigenvalue weighted by molar-refractivity contribution is 6.07. The number of anilines is 3. The van der Waals surface area contributed by atoms with Crippen LogP contribution in [0.1, 0.15) is 43.9 Å². The first kappa shape index (κ1) is 18.9.